The third kappa shape index (κ3) is 4.78. The van der Waals surface area contributed by atoms with E-state index in [-0.39, 0.29) is 5.91 Å². The molecule has 4 rings (SSSR count). The Hall–Kier alpha value is -3.11. The van der Waals surface area contributed by atoms with Gasteiger partial charge in [0.2, 0.25) is 0 Å². The molecule has 28 heavy (non-hydrogen) atoms. The summed E-state index contributed by atoms with van der Waals surface area (Å²) in [5.41, 5.74) is 3.85. The number of carbonyl (C=O) groups is 1. The summed E-state index contributed by atoms with van der Waals surface area (Å²) in [6, 6.07) is 28.3. The topological polar surface area (TPSA) is 44.4 Å². The fourth-order valence-electron chi connectivity index (χ4n) is 3.66. The number of hydrogen-bond donors (Lipinski definition) is 2. The van der Waals surface area contributed by atoms with Crippen molar-refractivity contribution in [3.63, 3.8) is 0 Å². The Balaban J connectivity index is 1.34. The molecule has 1 fully saturated rings. The highest BCUT2D eigenvalue weighted by Crippen LogP contribution is 2.19. The van der Waals surface area contributed by atoms with Crippen LogP contribution in [-0.2, 0) is 6.54 Å². The van der Waals surface area contributed by atoms with Gasteiger partial charge in [-0.25, -0.2) is 0 Å². The maximum Gasteiger partial charge on any atom is 0.255 e. The fourth-order valence-corrected chi connectivity index (χ4v) is 3.66. The summed E-state index contributed by atoms with van der Waals surface area (Å²) in [6.07, 6.45) is 1.13. The van der Waals surface area contributed by atoms with Gasteiger partial charge < -0.3 is 10.6 Å². The van der Waals surface area contributed by atoms with Crippen LogP contribution >= 0.6 is 0 Å². The first-order valence-corrected chi connectivity index (χ1v) is 9.75. The van der Waals surface area contributed by atoms with Gasteiger partial charge in [0.1, 0.15) is 0 Å². The van der Waals surface area contributed by atoms with Gasteiger partial charge >= 0.3 is 0 Å². The van der Waals surface area contributed by atoms with Crippen LogP contribution in [0.4, 0.5) is 11.4 Å². The van der Waals surface area contributed by atoms with E-state index in [2.05, 4.69) is 45.9 Å². The third-order valence-electron chi connectivity index (χ3n) is 5.04. The number of para-hydroxylation sites is 2. The highest BCUT2D eigenvalue weighted by Gasteiger charge is 2.22. The van der Waals surface area contributed by atoms with Crippen LogP contribution in [0.1, 0.15) is 22.3 Å². The predicted molar refractivity (Wildman–Crippen MR) is 115 cm³/mol. The van der Waals surface area contributed by atoms with Crippen molar-refractivity contribution < 1.29 is 4.79 Å². The number of likely N-dealkylation sites (tertiary alicyclic amines) is 1. The van der Waals surface area contributed by atoms with Gasteiger partial charge in [0, 0.05) is 42.6 Å². The minimum Gasteiger partial charge on any atom is -0.381 e. The van der Waals surface area contributed by atoms with Gasteiger partial charge in [-0.2, -0.15) is 0 Å². The summed E-state index contributed by atoms with van der Waals surface area (Å²) in [5, 5.41) is 6.56. The molecule has 4 heteroatoms. The summed E-state index contributed by atoms with van der Waals surface area (Å²) in [7, 11) is 0. The van der Waals surface area contributed by atoms with Crippen molar-refractivity contribution in [2.45, 2.75) is 19.0 Å². The molecule has 0 bridgehead atoms. The Labute approximate surface area is 166 Å². The lowest BCUT2D eigenvalue weighted by Crippen LogP contribution is -2.26. The molecule has 3 aromatic rings. The highest BCUT2D eigenvalue weighted by molar-refractivity contribution is 6.04. The molecule has 1 aliphatic rings. The number of carbonyl (C=O) groups excluding carboxylic acids is 1. The molecule has 142 valence electrons. The van der Waals surface area contributed by atoms with Gasteiger partial charge in [0.15, 0.2) is 0 Å². The van der Waals surface area contributed by atoms with Crippen molar-refractivity contribution in [3.8, 4) is 0 Å². The van der Waals surface area contributed by atoms with Crippen LogP contribution in [0.5, 0.6) is 0 Å². The zero-order valence-electron chi connectivity index (χ0n) is 15.8. The quantitative estimate of drug-likeness (QED) is 0.664. The van der Waals surface area contributed by atoms with Crippen LogP contribution in [0.15, 0.2) is 84.9 Å². The van der Waals surface area contributed by atoms with Crippen LogP contribution < -0.4 is 10.6 Å². The Morgan fingerprint density at radius 2 is 1.61 bits per heavy atom. The number of nitrogens with zero attached hydrogens (tertiary/aromatic N) is 1. The zero-order valence-corrected chi connectivity index (χ0v) is 15.8. The van der Waals surface area contributed by atoms with E-state index >= 15 is 0 Å². The van der Waals surface area contributed by atoms with Gasteiger partial charge in [0.05, 0.1) is 0 Å². The molecule has 0 aliphatic carbocycles. The second-order valence-electron chi connectivity index (χ2n) is 7.25. The smallest absolute Gasteiger partial charge is 0.255 e. The highest BCUT2D eigenvalue weighted by atomic mass is 16.1. The summed E-state index contributed by atoms with van der Waals surface area (Å²) in [6.45, 7) is 2.93. The number of benzene rings is 3. The summed E-state index contributed by atoms with van der Waals surface area (Å²) in [4.78, 5) is 15.0. The molecule has 0 radical (unpaired) electrons. The molecular formula is C24H25N3O. The molecule has 3 aromatic carbocycles. The Bertz CT molecular complexity index is 911. The van der Waals surface area contributed by atoms with E-state index in [1.54, 1.807) is 0 Å². The van der Waals surface area contributed by atoms with Gasteiger partial charge in [-0.15, -0.1) is 0 Å². The maximum absolute atomic E-state index is 12.5. The molecule has 1 saturated heterocycles. The minimum absolute atomic E-state index is 0.0712. The number of nitrogens with one attached hydrogen (secondary N) is 2. The van der Waals surface area contributed by atoms with Crippen molar-refractivity contribution in [3.05, 3.63) is 96.1 Å². The fraction of sp³-hybridized carbons (Fsp3) is 0.208. The van der Waals surface area contributed by atoms with Crippen molar-refractivity contribution in [2.75, 3.05) is 23.7 Å². The number of anilines is 2. The SMILES string of the molecule is O=C(Nc1ccccc1)c1cccc(CN2CCC(Nc3ccccc3)C2)c1. The van der Waals surface area contributed by atoms with Crippen LogP contribution in [0.25, 0.3) is 0 Å². The number of amides is 1. The largest absolute Gasteiger partial charge is 0.381 e. The molecule has 4 nitrogen and oxygen atoms in total. The van der Waals surface area contributed by atoms with E-state index in [1.165, 1.54) is 11.3 Å². The van der Waals surface area contributed by atoms with E-state index in [4.69, 9.17) is 0 Å². The minimum atomic E-state index is -0.0712. The molecule has 1 heterocycles. The second-order valence-corrected chi connectivity index (χ2v) is 7.25. The molecular weight excluding hydrogens is 346 g/mol. The molecule has 0 saturated carbocycles. The van der Waals surface area contributed by atoms with Crippen LogP contribution in [0.3, 0.4) is 0 Å². The Morgan fingerprint density at radius 3 is 2.36 bits per heavy atom. The monoisotopic (exact) mass is 371 g/mol. The first-order chi connectivity index (χ1) is 13.8. The van der Waals surface area contributed by atoms with E-state index < -0.39 is 0 Å². The third-order valence-corrected chi connectivity index (χ3v) is 5.04. The van der Waals surface area contributed by atoms with E-state index in [0.29, 0.717) is 11.6 Å². The standard InChI is InChI=1S/C24H25N3O/c28-24(26-22-12-5-2-6-13-22)20-9-7-8-19(16-20)17-27-15-14-23(18-27)25-21-10-3-1-4-11-21/h1-13,16,23,25H,14-15,17-18H2,(H,26,28). The zero-order chi connectivity index (χ0) is 19.2. The molecule has 1 aliphatic heterocycles. The molecule has 1 amide bonds. The van der Waals surface area contributed by atoms with Gasteiger partial charge in [-0.05, 0) is 48.4 Å². The first-order valence-electron chi connectivity index (χ1n) is 9.75. The van der Waals surface area contributed by atoms with E-state index in [0.717, 1.165) is 31.7 Å². The molecule has 0 aromatic heterocycles. The van der Waals surface area contributed by atoms with Crippen LogP contribution in [0.2, 0.25) is 0 Å². The summed E-state index contributed by atoms with van der Waals surface area (Å²) >= 11 is 0. The average Bonchev–Trinajstić information content (AvgIpc) is 3.16. The number of rotatable bonds is 6. The lowest BCUT2D eigenvalue weighted by molar-refractivity contribution is 0.102. The number of hydrogen-bond acceptors (Lipinski definition) is 3. The van der Waals surface area contributed by atoms with Crippen LogP contribution in [-0.4, -0.2) is 29.9 Å². The van der Waals surface area contributed by atoms with Gasteiger partial charge in [-0.1, -0.05) is 48.5 Å². The van der Waals surface area contributed by atoms with Crippen molar-refractivity contribution in [1.29, 1.82) is 0 Å². The summed E-state index contributed by atoms with van der Waals surface area (Å²) in [5.74, 6) is -0.0712. The Morgan fingerprint density at radius 1 is 0.893 bits per heavy atom. The Kier molecular flexibility index (Phi) is 5.69. The average molecular weight is 371 g/mol. The van der Waals surface area contributed by atoms with Crippen molar-refractivity contribution >= 4 is 17.3 Å². The van der Waals surface area contributed by atoms with Crippen LogP contribution in [0, 0.1) is 0 Å². The normalized spacial score (nSPS) is 16.6. The lowest BCUT2D eigenvalue weighted by Gasteiger charge is -2.18. The molecule has 0 spiro atoms. The van der Waals surface area contributed by atoms with Gasteiger partial charge in [-0.3, -0.25) is 9.69 Å². The predicted octanol–water partition coefficient (Wildman–Crippen LogP) is 4.63. The van der Waals surface area contributed by atoms with E-state index in [1.807, 2.05) is 54.6 Å². The first kappa shape index (κ1) is 18.3. The second kappa shape index (κ2) is 8.72. The van der Waals surface area contributed by atoms with Crippen molar-refractivity contribution in [1.82, 2.24) is 4.90 Å². The maximum atomic E-state index is 12.5. The van der Waals surface area contributed by atoms with Crippen molar-refractivity contribution in [2.24, 2.45) is 0 Å². The molecule has 1 unspecified atom stereocenters. The molecule has 1 atom stereocenters. The summed E-state index contributed by atoms with van der Waals surface area (Å²) < 4.78 is 0. The molecule has 2 N–H and O–H groups in total. The lowest BCUT2D eigenvalue weighted by atomic mass is 10.1. The van der Waals surface area contributed by atoms with E-state index in [9.17, 15) is 4.79 Å². The van der Waals surface area contributed by atoms with Gasteiger partial charge in [0.25, 0.3) is 5.91 Å².